The fraction of sp³-hybridized carbons (Fsp3) is 0.667. The molecule has 1 aromatic rings. The van der Waals surface area contributed by atoms with Gasteiger partial charge in [-0.05, 0) is 46.2 Å². The van der Waals surface area contributed by atoms with Crippen LogP contribution in [0.2, 0.25) is 0 Å². The van der Waals surface area contributed by atoms with E-state index in [1.54, 1.807) is 0 Å². The Bertz CT molecular complexity index is 563. The smallest absolute Gasteiger partial charge is 0.147 e. The minimum absolute atomic E-state index is 0.00101. The number of hydrogen-bond acceptors (Lipinski definition) is 5. The number of nitrogens with zero attached hydrogens (tertiary/aromatic N) is 1. The van der Waals surface area contributed by atoms with E-state index in [-0.39, 0.29) is 11.3 Å². The first-order chi connectivity index (χ1) is 9.57. The average molecular weight is 314 g/mol. The SMILES string of the molecule is Cc1ccc(OCCCS(C)(=O)=O)c(CNC(C)(C)C)n1. The molecular formula is C15H26N2O3S. The molecule has 0 bridgehead atoms. The number of hydrogen-bond donors (Lipinski definition) is 1. The van der Waals surface area contributed by atoms with Crippen LogP contribution in [0.1, 0.15) is 38.6 Å². The molecule has 0 saturated heterocycles. The monoisotopic (exact) mass is 314 g/mol. The molecule has 0 aromatic carbocycles. The number of pyridine rings is 1. The molecule has 0 atom stereocenters. The number of sulfone groups is 1. The van der Waals surface area contributed by atoms with E-state index in [0.717, 1.165) is 11.4 Å². The summed E-state index contributed by atoms with van der Waals surface area (Å²) in [6.45, 7) is 9.21. The highest BCUT2D eigenvalue weighted by Gasteiger charge is 2.12. The lowest BCUT2D eigenvalue weighted by atomic mass is 10.1. The predicted octanol–water partition coefficient (Wildman–Crippen LogP) is 2.09. The summed E-state index contributed by atoms with van der Waals surface area (Å²) < 4.78 is 27.9. The first kappa shape index (κ1) is 17.9. The van der Waals surface area contributed by atoms with Gasteiger partial charge in [-0.2, -0.15) is 0 Å². The van der Waals surface area contributed by atoms with Crippen molar-refractivity contribution in [2.75, 3.05) is 18.6 Å². The number of ether oxygens (including phenoxy) is 1. The fourth-order valence-corrected chi connectivity index (χ4v) is 2.35. The zero-order chi connectivity index (χ0) is 16.1. The molecule has 120 valence electrons. The summed E-state index contributed by atoms with van der Waals surface area (Å²) in [6.07, 6.45) is 1.72. The summed E-state index contributed by atoms with van der Waals surface area (Å²) in [6, 6.07) is 3.79. The number of rotatable bonds is 7. The van der Waals surface area contributed by atoms with E-state index in [4.69, 9.17) is 4.74 Å². The third-order valence-electron chi connectivity index (χ3n) is 2.77. The molecule has 1 rings (SSSR count). The molecule has 0 aliphatic heterocycles. The second kappa shape index (κ2) is 7.22. The highest BCUT2D eigenvalue weighted by molar-refractivity contribution is 7.90. The summed E-state index contributed by atoms with van der Waals surface area (Å²) in [4.78, 5) is 4.50. The number of aromatic nitrogens is 1. The number of nitrogens with one attached hydrogen (secondary N) is 1. The van der Waals surface area contributed by atoms with Gasteiger partial charge in [-0.25, -0.2) is 8.42 Å². The quantitative estimate of drug-likeness (QED) is 0.781. The van der Waals surface area contributed by atoms with Gasteiger partial charge in [0.25, 0.3) is 0 Å². The maximum absolute atomic E-state index is 11.1. The summed E-state index contributed by atoms with van der Waals surface area (Å²) >= 11 is 0. The third kappa shape index (κ3) is 8.02. The van der Waals surface area contributed by atoms with Crippen molar-refractivity contribution in [1.82, 2.24) is 10.3 Å². The van der Waals surface area contributed by atoms with Crippen LogP contribution < -0.4 is 10.1 Å². The van der Waals surface area contributed by atoms with Crippen molar-refractivity contribution in [3.63, 3.8) is 0 Å². The molecular weight excluding hydrogens is 288 g/mol. The van der Waals surface area contributed by atoms with E-state index >= 15 is 0 Å². The minimum Gasteiger partial charge on any atom is -0.492 e. The van der Waals surface area contributed by atoms with Crippen molar-refractivity contribution in [3.8, 4) is 5.75 Å². The molecule has 0 radical (unpaired) electrons. The van der Waals surface area contributed by atoms with Crippen LogP contribution in [0.15, 0.2) is 12.1 Å². The standard InChI is InChI=1S/C15H26N2O3S/c1-12-7-8-14(20-9-6-10-21(5,18)19)13(17-12)11-16-15(2,3)4/h7-8,16H,6,9-11H2,1-5H3. The first-order valence-corrected chi connectivity index (χ1v) is 9.15. The van der Waals surface area contributed by atoms with Gasteiger partial charge in [0.05, 0.1) is 18.1 Å². The fourth-order valence-electron chi connectivity index (χ4n) is 1.71. The molecule has 1 N–H and O–H groups in total. The van der Waals surface area contributed by atoms with Gasteiger partial charge in [-0.15, -0.1) is 0 Å². The lowest BCUT2D eigenvalue weighted by molar-refractivity contribution is 0.309. The van der Waals surface area contributed by atoms with E-state index in [9.17, 15) is 8.42 Å². The predicted molar refractivity (Wildman–Crippen MR) is 85.4 cm³/mol. The highest BCUT2D eigenvalue weighted by atomic mass is 32.2. The van der Waals surface area contributed by atoms with Crippen LogP contribution in [-0.4, -0.2) is 37.6 Å². The highest BCUT2D eigenvalue weighted by Crippen LogP contribution is 2.18. The van der Waals surface area contributed by atoms with E-state index in [2.05, 4.69) is 31.1 Å². The lowest BCUT2D eigenvalue weighted by Gasteiger charge is -2.21. The summed E-state index contributed by atoms with van der Waals surface area (Å²) in [5, 5.41) is 3.38. The molecule has 0 fully saturated rings. The van der Waals surface area contributed by atoms with Crippen molar-refractivity contribution < 1.29 is 13.2 Å². The Morgan fingerprint density at radius 2 is 1.95 bits per heavy atom. The van der Waals surface area contributed by atoms with Gasteiger partial charge in [0, 0.05) is 24.0 Å². The lowest BCUT2D eigenvalue weighted by Crippen LogP contribution is -2.35. The van der Waals surface area contributed by atoms with Crippen molar-refractivity contribution in [2.45, 2.75) is 46.2 Å². The Labute approximate surface area is 128 Å². The molecule has 6 heteroatoms. The Kier molecular flexibility index (Phi) is 6.16. The van der Waals surface area contributed by atoms with Gasteiger partial charge in [0.2, 0.25) is 0 Å². The van der Waals surface area contributed by atoms with Gasteiger partial charge in [0.1, 0.15) is 15.6 Å². The maximum atomic E-state index is 11.1. The molecule has 5 nitrogen and oxygen atoms in total. The molecule has 0 saturated carbocycles. The number of aryl methyl sites for hydroxylation is 1. The van der Waals surface area contributed by atoms with Gasteiger partial charge < -0.3 is 10.1 Å². The maximum Gasteiger partial charge on any atom is 0.147 e. The van der Waals surface area contributed by atoms with E-state index in [0.29, 0.717) is 25.3 Å². The molecule has 0 aliphatic carbocycles. The average Bonchev–Trinajstić information content (AvgIpc) is 2.31. The summed E-state index contributed by atoms with van der Waals surface area (Å²) in [5.41, 5.74) is 1.78. The van der Waals surface area contributed by atoms with Crippen LogP contribution in [0.5, 0.6) is 5.75 Å². The molecule has 1 aromatic heterocycles. The van der Waals surface area contributed by atoms with Crippen LogP contribution in [0.25, 0.3) is 0 Å². The van der Waals surface area contributed by atoms with Crippen LogP contribution in [0.3, 0.4) is 0 Å². The van der Waals surface area contributed by atoms with Crippen molar-refractivity contribution in [2.24, 2.45) is 0 Å². The van der Waals surface area contributed by atoms with Crippen LogP contribution >= 0.6 is 0 Å². The van der Waals surface area contributed by atoms with E-state index in [1.165, 1.54) is 6.26 Å². The molecule has 0 aliphatic rings. The Morgan fingerprint density at radius 3 is 2.52 bits per heavy atom. The second-order valence-corrected chi connectivity index (χ2v) is 8.59. The Balaban J connectivity index is 2.64. The summed E-state index contributed by atoms with van der Waals surface area (Å²) in [5.74, 6) is 0.854. The van der Waals surface area contributed by atoms with Gasteiger partial charge in [-0.3, -0.25) is 4.98 Å². The van der Waals surface area contributed by atoms with E-state index < -0.39 is 9.84 Å². The normalized spacial score (nSPS) is 12.4. The van der Waals surface area contributed by atoms with Gasteiger partial charge >= 0.3 is 0 Å². The van der Waals surface area contributed by atoms with Crippen LogP contribution in [0.4, 0.5) is 0 Å². The summed E-state index contributed by atoms with van der Waals surface area (Å²) in [7, 11) is -2.93. The molecule has 21 heavy (non-hydrogen) atoms. The first-order valence-electron chi connectivity index (χ1n) is 7.09. The van der Waals surface area contributed by atoms with Gasteiger partial charge in [0.15, 0.2) is 0 Å². The van der Waals surface area contributed by atoms with Crippen LogP contribution in [-0.2, 0) is 16.4 Å². The van der Waals surface area contributed by atoms with Crippen molar-refractivity contribution >= 4 is 9.84 Å². The van der Waals surface area contributed by atoms with Crippen LogP contribution in [0, 0.1) is 6.92 Å². The zero-order valence-corrected chi connectivity index (χ0v) is 14.4. The Hall–Kier alpha value is -1.14. The van der Waals surface area contributed by atoms with Crippen molar-refractivity contribution in [3.05, 3.63) is 23.5 Å². The molecule has 0 spiro atoms. The Morgan fingerprint density at radius 1 is 1.29 bits per heavy atom. The molecule has 0 amide bonds. The third-order valence-corrected chi connectivity index (χ3v) is 3.81. The van der Waals surface area contributed by atoms with E-state index in [1.807, 2.05) is 19.1 Å². The van der Waals surface area contributed by atoms with Crippen molar-refractivity contribution in [1.29, 1.82) is 0 Å². The molecule has 1 heterocycles. The minimum atomic E-state index is -2.93. The second-order valence-electron chi connectivity index (χ2n) is 6.33. The topological polar surface area (TPSA) is 68.3 Å². The zero-order valence-electron chi connectivity index (χ0n) is 13.6. The largest absolute Gasteiger partial charge is 0.492 e. The molecule has 0 unspecified atom stereocenters. The van der Waals surface area contributed by atoms with Gasteiger partial charge in [-0.1, -0.05) is 0 Å².